The Morgan fingerprint density at radius 2 is 1.23 bits per heavy atom. The number of carbonyl (C=O) groups excluding carboxylic acids is 6. The molecule has 0 fully saturated rings. The number of esters is 6. The van der Waals surface area contributed by atoms with Gasteiger partial charge in [-0.2, -0.15) is 0 Å². The summed E-state index contributed by atoms with van der Waals surface area (Å²) >= 11 is 0. The minimum atomic E-state index is -2.93. The summed E-state index contributed by atoms with van der Waals surface area (Å²) in [6.45, 7) is 6.96. The smallest absolute Gasteiger partial charge is 0.347 e. The lowest BCUT2D eigenvalue weighted by Gasteiger charge is -2.38. The van der Waals surface area contributed by atoms with Gasteiger partial charge >= 0.3 is 35.8 Å². The molecule has 0 saturated heterocycles. The highest BCUT2D eigenvalue weighted by Crippen LogP contribution is 2.39. The van der Waals surface area contributed by atoms with E-state index in [1.54, 1.807) is 0 Å². The molecule has 0 bridgehead atoms. The van der Waals surface area contributed by atoms with E-state index in [4.69, 9.17) is 0 Å². The Kier molecular flexibility index (Phi) is 7.78. The summed E-state index contributed by atoms with van der Waals surface area (Å²) in [7, 11) is 0. The van der Waals surface area contributed by atoms with E-state index in [-0.39, 0.29) is 0 Å². The van der Waals surface area contributed by atoms with Crippen LogP contribution < -0.4 is 0 Å². The predicted molar refractivity (Wildman–Crippen MR) is 82.8 cm³/mol. The van der Waals surface area contributed by atoms with E-state index in [2.05, 4.69) is 14.2 Å². The summed E-state index contributed by atoms with van der Waals surface area (Å²) < 4.78 is 13.1. The average Bonchev–Trinajstić information content (AvgIpc) is 2.32. The highest BCUT2D eigenvalue weighted by molar-refractivity contribution is 5.98. The summed E-state index contributed by atoms with van der Waals surface area (Å²) in [6.07, 6.45) is -1.19. The topological polar surface area (TPSA) is 150 Å². The van der Waals surface area contributed by atoms with E-state index in [0.29, 0.717) is 0 Å². The maximum atomic E-state index is 12.3. The molecule has 0 aromatic heterocycles. The second-order valence-corrected chi connectivity index (χ2v) is 6.66. The molecule has 26 heavy (non-hydrogen) atoms. The third kappa shape index (κ3) is 6.71. The molecule has 0 heterocycles. The van der Waals surface area contributed by atoms with Crippen LogP contribution in [0.25, 0.3) is 0 Å². The Balaban J connectivity index is 6.17. The van der Waals surface area contributed by atoms with Gasteiger partial charge in [-0.3, -0.25) is 24.0 Å². The van der Waals surface area contributed by atoms with Crippen LogP contribution in [0.3, 0.4) is 0 Å². The monoisotopic (exact) mass is 374 g/mol. The fourth-order valence-electron chi connectivity index (χ4n) is 2.39. The van der Waals surface area contributed by atoms with Gasteiger partial charge in [0.05, 0.1) is 6.42 Å². The van der Waals surface area contributed by atoms with Crippen molar-refractivity contribution in [1.29, 1.82) is 0 Å². The highest BCUT2D eigenvalue weighted by atomic mass is 16.6. The van der Waals surface area contributed by atoms with E-state index < -0.39 is 59.2 Å². The fourth-order valence-corrected chi connectivity index (χ4v) is 2.39. The van der Waals surface area contributed by atoms with Crippen LogP contribution in [0, 0.1) is 11.3 Å². The molecule has 146 valence electrons. The van der Waals surface area contributed by atoms with Gasteiger partial charge in [-0.1, -0.05) is 20.8 Å². The summed E-state index contributed by atoms with van der Waals surface area (Å²) in [6, 6.07) is 0. The van der Waals surface area contributed by atoms with Crippen molar-refractivity contribution in [2.75, 3.05) is 0 Å². The Labute approximate surface area is 149 Å². The van der Waals surface area contributed by atoms with Gasteiger partial charge in [-0.25, -0.2) is 4.79 Å². The quantitative estimate of drug-likeness (QED) is 0.397. The van der Waals surface area contributed by atoms with Gasteiger partial charge in [-0.15, -0.1) is 0 Å². The summed E-state index contributed by atoms with van der Waals surface area (Å²) in [5.41, 5.74) is -4.16. The molecule has 0 aromatic rings. The maximum Gasteiger partial charge on any atom is 0.347 e. The zero-order valence-corrected chi connectivity index (χ0v) is 15.4. The zero-order chi connectivity index (χ0) is 20.9. The van der Waals surface area contributed by atoms with Crippen molar-refractivity contribution in [3.63, 3.8) is 0 Å². The van der Waals surface area contributed by atoms with Crippen LogP contribution >= 0.6 is 0 Å². The second kappa shape index (κ2) is 8.65. The number of hydrogen-bond acceptors (Lipinski definition) is 10. The number of ether oxygens (including phenoxy) is 3. The third-order valence-electron chi connectivity index (χ3n) is 3.08. The van der Waals surface area contributed by atoms with Gasteiger partial charge in [0.1, 0.15) is 5.92 Å². The van der Waals surface area contributed by atoms with Crippen LogP contribution in [0.5, 0.6) is 0 Å². The number of carbonyl (C=O) groups is 6. The van der Waals surface area contributed by atoms with E-state index in [1.165, 1.54) is 20.8 Å². The van der Waals surface area contributed by atoms with Gasteiger partial charge in [0.2, 0.25) is 0 Å². The number of rotatable bonds is 5. The predicted octanol–water partition coefficient (Wildman–Crippen LogP) is 0.0390. The van der Waals surface area contributed by atoms with Gasteiger partial charge in [0, 0.05) is 20.8 Å². The Morgan fingerprint density at radius 3 is 1.58 bits per heavy atom. The molecule has 10 nitrogen and oxygen atoms in total. The molecule has 0 amide bonds. The molecule has 0 radical (unpaired) electrons. The molecule has 0 spiro atoms. The molecule has 0 aliphatic heterocycles. The van der Waals surface area contributed by atoms with Crippen LogP contribution in [-0.4, -0.2) is 46.5 Å². The van der Waals surface area contributed by atoms with Crippen molar-refractivity contribution in [1.82, 2.24) is 0 Å². The summed E-state index contributed by atoms with van der Waals surface area (Å²) in [4.78, 5) is 69.5. The van der Waals surface area contributed by atoms with Gasteiger partial charge in [0.15, 0.2) is 5.60 Å². The van der Waals surface area contributed by atoms with Gasteiger partial charge in [0.25, 0.3) is 0 Å². The van der Waals surface area contributed by atoms with Crippen molar-refractivity contribution in [3.8, 4) is 0 Å². The average molecular weight is 374 g/mol. The minimum Gasteiger partial charge on any atom is -0.393 e. The Hall–Kier alpha value is -2.62. The molecule has 2 atom stereocenters. The van der Waals surface area contributed by atoms with Crippen molar-refractivity contribution < 1.29 is 48.1 Å². The molecule has 0 rings (SSSR count). The van der Waals surface area contributed by atoms with Crippen LogP contribution in [-0.2, 0) is 43.0 Å². The molecule has 0 saturated carbocycles. The lowest BCUT2D eigenvalue weighted by Crippen LogP contribution is -2.57. The van der Waals surface area contributed by atoms with Crippen LogP contribution in [0.2, 0.25) is 0 Å². The molecule has 0 aromatic carbocycles. The van der Waals surface area contributed by atoms with Crippen LogP contribution in [0.4, 0.5) is 0 Å². The second-order valence-electron chi connectivity index (χ2n) is 6.66. The van der Waals surface area contributed by atoms with Crippen molar-refractivity contribution in [3.05, 3.63) is 0 Å². The first-order valence-electron chi connectivity index (χ1n) is 7.50. The van der Waals surface area contributed by atoms with Crippen LogP contribution in [0.1, 0.15) is 48.0 Å². The molecule has 1 N–H and O–H groups in total. The molecule has 10 heteroatoms. The van der Waals surface area contributed by atoms with Crippen molar-refractivity contribution >= 4 is 35.8 Å². The van der Waals surface area contributed by atoms with Crippen molar-refractivity contribution in [2.24, 2.45) is 11.3 Å². The van der Waals surface area contributed by atoms with Gasteiger partial charge < -0.3 is 19.3 Å². The third-order valence-corrected chi connectivity index (χ3v) is 3.08. The Morgan fingerprint density at radius 1 is 0.808 bits per heavy atom. The zero-order valence-electron chi connectivity index (χ0n) is 15.4. The molecule has 0 aliphatic carbocycles. The lowest BCUT2D eigenvalue weighted by atomic mass is 9.69. The normalized spacial score (nSPS) is 14.4. The first-order chi connectivity index (χ1) is 11.6. The molecular formula is C16H22O10. The Bertz CT molecular complexity index is 627. The molecule has 2 unspecified atom stereocenters. The number of hydrogen-bond donors (Lipinski definition) is 1. The largest absolute Gasteiger partial charge is 0.393 e. The molecule has 0 aliphatic rings. The molecular weight excluding hydrogens is 352 g/mol. The number of aliphatic hydroxyl groups is 1. The summed E-state index contributed by atoms with van der Waals surface area (Å²) in [5, 5.41) is 10.8. The maximum absolute atomic E-state index is 12.3. The van der Waals surface area contributed by atoms with E-state index in [1.807, 2.05) is 0 Å². The lowest BCUT2D eigenvalue weighted by molar-refractivity contribution is -0.196. The minimum absolute atomic E-state index is 0.867. The fraction of sp³-hybridized carbons (Fsp3) is 0.625. The van der Waals surface area contributed by atoms with Gasteiger partial charge in [-0.05, 0) is 5.41 Å². The van der Waals surface area contributed by atoms with E-state index in [0.717, 1.165) is 20.8 Å². The highest BCUT2D eigenvalue weighted by Gasteiger charge is 2.57. The summed E-state index contributed by atoms with van der Waals surface area (Å²) in [5.74, 6) is -9.22. The van der Waals surface area contributed by atoms with Crippen molar-refractivity contribution in [2.45, 2.75) is 53.6 Å². The van der Waals surface area contributed by atoms with Crippen LogP contribution in [0.15, 0.2) is 0 Å². The van der Waals surface area contributed by atoms with E-state index >= 15 is 0 Å². The standard InChI is InChI=1S/C16H22O10/c1-8(17)24-11(20)7-16(23,14(22)26-10(3)19)12(15(4,5)6)13(21)25-9(2)18/h12,23H,7H2,1-6H3. The SMILES string of the molecule is CC(=O)OC(=O)CC(O)(C(=O)OC(C)=O)C(C(=O)OC(C)=O)C(C)(C)C. The first-order valence-corrected chi connectivity index (χ1v) is 7.50. The van der Waals surface area contributed by atoms with E-state index in [9.17, 15) is 33.9 Å². The first kappa shape index (κ1) is 23.4.